The second-order valence-corrected chi connectivity index (χ2v) is 5.60. The number of nitrogens with one attached hydrogen (secondary N) is 1. The molecule has 0 aliphatic carbocycles. The van der Waals surface area contributed by atoms with E-state index in [1.165, 1.54) is 12.8 Å². The maximum Gasteiger partial charge on any atom is 0.176 e. The van der Waals surface area contributed by atoms with Crippen molar-refractivity contribution in [2.45, 2.75) is 38.3 Å². The molecule has 0 saturated carbocycles. The van der Waals surface area contributed by atoms with Crippen molar-refractivity contribution in [2.75, 3.05) is 19.7 Å². The zero-order valence-electron chi connectivity index (χ0n) is 12.3. The summed E-state index contributed by atoms with van der Waals surface area (Å²) in [6, 6.07) is 0.353. The van der Waals surface area contributed by atoms with Gasteiger partial charge in [0.1, 0.15) is 0 Å². The van der Waals surface area contributed by atoms with Crippen molar-refractivity contribution in [3.63, 3.8) is 0 Å². The molecule has 0 bridgehead atoms. The minimum atomic E-state index is 0.280. The van der Waals surface area contributed by atoms with Gasteiger partial charge in [-0.15, -0.1) is 0 Å². The van der Waals surface area contributed by atoms with Crippen LogP contribution in [0.3, 0.4) is 0 Å². The minimum absolute atomic E-state index is 0.280. The Morgan fingerprint density at radius 2 is 2.19 bits per heavy atom. The second-order valence-electron chi connectivity index (χ2n) is 5.60. The summed E-state index contributed by atoms with van der Waals surface area (Å²) in [4.78, 5) is 14.2. The zero-order valence-corrected chi connectivity index (χ0v) is 12.3. The summed E-state index contributed by atoms with van der Waals surface area (Å²) in [5.41, 5.74) is 0. The molecule has 6 nitrogen and oxygen atoms in total. The first-order chi connectivity index (χ1) is 10.4. The molecular weight excluding hydrogens is 266 g/mol. The Balaban J connectivity index is 1.55. The van der Waals surface area contributed by atoms with Gasteiger partial charge in [0.15, 0.2) is 11.6 Å². The van der Waals surface area contributed by atoms with E-state index in [1.807, 2.05) is 18.6 Å². The van der Waals surface area contributed by atoms with E-state index in [2.05, 4.69) is 24.4 Å². The predicted octanol–water partition coefficient (Wildman–Crippen LogP) is 1.51. The number of aliphatic hydroxyl groups is 1. The largest absolute Gasteiger partial charge is 0.395 e. The van der Waals surface area contributed by atoms with Crippen LogP contribution in [-0.4, -0.2) is 55.3 Å². The van der Waals surface area contributed by atoms with Gasteiger partial charge >= 0.3 is 0 Å². The molecule has 3 heterocycles. The van der Waals surface area contributed by atoms with Gasteiger partial charge in [-0.1, -0.05) is 6.42 Å². The van der Waals surface area contributed by atoms with Crippen LogP contribution in [0.4, 0.5) is 0 Å². The van der Waals surface area contributed by atoms with E-state index >= 15 is 0 Å². The molecule has 21 heavy (non-hydrogen) atoms. The van der Waals surface area contributed by atoms with Gasteiger partial charge in [-0.2, -0.15) is 0 Å². The number of aromatic nitrogens is 4. The fourth-order valence-electron chi connectivity index (χ4n) is 3.10. The number of aryl methyl sites for hydroxylation is 1. The summed E-state index contributed by atoms with van der Waals surface area (Å²) in [6.45, 7) is 3.34. The summed E-state index contributed by atoms with van der Waals surface area (Å²) in [5.74, 6) is 1.70. The Bertz CT molecular complexity index is 536. The van der Waals surface area contributed by atoms with Crippen LogP contribution in [0.5, 0.6) is 0 Å². The lowest BCUT2D eigenvalue weighted by Crippen LogP contribution is -2.42. The number of aliphatic hydroxyl groups excluding tert-OH is 1. The summed E-state index contributed by atoms with van der Waals surface area (Å²) < 4.78 is 2.14. The summed E-state index contributed by atoms with van der Waals surface area (Å²) in [5, 5.41) is 9.44. The number of likely N-dealkylation sites (tertiary alicyclic amines) is 1. The molecule has 2 aromatic rings. The summed E-state index contributed by atoms with van der Waals surface area (Å²) >= 11 is 0. The van der Waals surface area contributed by atoms with Gasteiger partial charge in [-0.05, 0) is 25.8 Å². The Morgan fingerprint density at radius 1 is 1.24 bits per heavy atom. The number of imidazole rings is 2. The summed E-state index contributed by atoms with van der Waals surface area (Å²) in [7, 11) is 0. The van der Waals surface area contributed by atoms with Crippen LogP contribution in [0.1, 0.15) is 25.7 Å². The third-order valence-corrected chi connectivity index (χ3v) is 4.23. The average molecular weight is 289 g/mol. The van der Waals surface area contributed by atoms with Crippen LogP contribution in [0.15, 0.2) is 24.8 Å². The molecule has 0 unspecified atom stereocenters. The Hall–Kier alpha value is -1.66. The first-order valence-corrected chi connectivity index (χ1v) is 7.74. The number of hydrogen-bond acceptors (Lipinski definition) is 4. The molecular formula is C15H23N5O. The standard InChI is InChI=1S/C15H23N5O/c21-12-13-4-1-2-8-19(13)9-3-10-20-11-7-18-15(20)14-16-5-6-17-14/h5-7,11,13,21H,1-4,8-10,12H2,(H,16,17)/t13-/m0/s1. The van der Waals surface area contributed by atoms with E-state index in [4.69, 9.17) is 0 Å². The molecule has 0 aromatic carbocycles. The molecule has 1 aliphatic rings. The second kappa shape index (κ2) is 6.87. The van der Waals surface area contributed by atoms with Gasteiger partial charge < -0.3 is 14.7 Å². The predicted molar refractivity (Wildman–Crippen MR) is 80.7 cm³/mol. The highest BCUT2D eigenvalue weighted by Gasteiger charge is 2.20. The Morgan fingerprint density at radius 3 is 3.00 bits per heavy atom. The highest BCUT2D eigenvalue weighted by Crippen LogP contribution is 2.17. The normalized spacial score (nSPS) is 20.0. The highest BCUT2D eigenvalue weighted by atomic mass is 16.3. The van der Waals surface area contributed by atoms with Crippen LogP contribution in [-0.2, 0) is 6.54 Å². The molecule has 3 rings (SSSR count). The van der Waals surface area contributed by atoms with E-state index in [0.717, 1.165) is 44.1 Å². The smallest absolute Gasteiger partial charge is 0.176 e. The molecule has 1 saturated heterocycles. The highest BCUT2D eigenvalue weighted by molar-refractivity contribution is 5.43. The van der Waals surface area contributed by atoms with E-state index < -0.39 is 0 Å². The number of nitrogens with zero attached hydrogens (tertiary/aromatic N) is 4. The van der Waals surface area contributed by atoms with Crippen molar-refractivity contribution in [3.8, 4) is 11.6 Å². The van der Waals surface area contributed by atoms with Gasteiger partial charge in [-0.3, -0.25) is 4.90 Å². The van der Waals surface area contributed by atoms with Crippen molar-refractivity contribution >= 4 is 0 Å². The topological polar surface area (TPSA) is 70.0 Å². The van der Waals surface area contributed by atoms with E-state index in [0.29, 0.717) is 6.04 Å². The maximum atomic E-state index is 9.44. The monoisotopic (exact) mass is 289 g/mol. The van der Waals surface area contributed by atoms with Crippen LogP contribution >= 0.6 is 0 Å². The molecule has 1 aliphatic heterocycles. The molecule has 0 amide bonds. The average Bonchev–Trinajstić information content (AvgIpc) is 3.18. The number of piperidine rings is 1. The van der Waals surface area contributed by atoms with Crippen LogP contribution in [0, 0.1) is 0 Å². The van der Waals surface area contributed by atoms with Crippen LogP contribution < -0.4 is 0 Å². The van der Waals surface area contributed by atoms with Crippen molar-refractivity contribution < 1.29 is 5.11 Å². The van der Waals surface area contributed by atoms with Crippen molar-refractivity contribution in [1.29, 1.82) is 0 Å². The number of rotatable bonds is 6. The molecule has 6 heteroatoms. The number of H-pyrrole nitrogens is 1. The van der Waals surface area contributed by atoms with Gasteiger partial charge in [-0.25, -0.2) is 9.97 Å². The molecule has 0 radical (unpaired) electrons. The van der Waals surface area contributed by atoms with Gasteiger partial charge in [0.2, 0.25) is 0 Å². The zero-order chi connectivity index (χ0) is 14.5. The van der Waals surface area contributed by atoms with Crippen LogP contribution in [0.2, 0.25) is 0 Å². The molecule has 2 N–H and O–H groups in total. The molecule has 2 aromatic heterocycles. The third kappa shape index (κ3) is 3.33. The van der Waals surface area contributed by atoms with Crippen molar-refractivity contribution in [3.05, 3.63) is 24.8 Å². The Kier molecular flexibility index (Phi) is 4.67. The fraction of sp³-hybridized carbons (Fsp3) is 0.600. The minimum Gasteiger partial charge on any atom is -0.395 e. The Labute approximate surface area is 124 Å². The third-order valence-electron chi connectivity index (χ3n) is 4.23. The van der Waals surface area contributed by atoms with Crippen LogP contribution in [0.25, 0.3) is 11.6 Å². The SMILES string of the molecule is OC[C@@H]1CCCCN1CCCn1ccnc1-c1ncc[nH]1. The van der Waals surface area contributed by atoms with Gasteiger partial charge in [0.05, 0.1) is 6.61 Å². The van der Waals surface area contributed by atoms with Gasteiger partial charge in [0.25, 0.3) is 0 Å². The first-order valence-electron chi connectivity index (χ1n) is 7.74. The molecule has 114 valence electrons. The summed E-state index contributed by atoms with van der Waals surface area (Å²) in [6.07, 6.45) is 12.0. The molecule has 0 spiro atoms. The number of aromatic amines is 1. The van der Waals surface area contributed by atoms with Crippen molar-refractivity contribution in [1.82, 2.24) is 24.4 Å². The van der Waals surface area contributed by atoms with Crippen molar-refractivity contribution in [2.24, 2.45) is 0 Å². The van der Waals surface area contributed by atoms with Gasteiger partial charge in [0, 0.05) is 43.9 Å². The van der Waals surface area contributed by atoms with E-state index in [1.54, 1.807) is 6.20 Å². The van der Waals surface area contributed by atoms with E-state index in [-0.39, 0.29) is 6.61 Å². The molecule has 1 atom stereocenters. The molecule has 1 fully saturated rings. The lowest BCUT2D eigenvalue weighted by molar-refractivity contribution is 0.0882. The first kappa shape index (κ1) is 14.3. The quantitative estimate of drug-likeness (QED) is 0.845. The lowest BCUT2D eigenvalue weighted by Gasteiger charge is -2.34. The maximum absolute atomic E-state index is 9.44. The number of hydrogen-bond donors (Lipinski definition) is 2. The fourth-order valence-corrected chi connectivity index (χ4v) is 3.10. The van der Waals surface area contributed by atoms with E-state index in [9.17, 15) is 5.11 Å². The lowest BCUT2D eigenvalue weighted by atomic mass is 10.0.